The number of anilines is 1. The van der Waals surface area contributed by atoms with Crippen molar-refractivity contribution in [3.05, 3.63) is 40.9 Å². The van der Waals surface area contributed by atoms with Crippen LogP contribution in [0, 0.1) is 0 Å². The summed E-state index contributed by atoms with van der Waals surface area (Å²) in [7, 11) is 0. The van der Waals surface area contributed by atoms with E-state index in [1.807, 2.05) is 6.07 Å². The zero-order valence-electron chi connectivity index (χ0n) is 16.2. The van der Waals surface area contributed by atoms with Crippen LogP contribution in [0.3, 0.4) is 0 Å². The van der Waals surface area contributed by atoms with E-state index in [0.717, 1.165) is 77.6 Å². The van der Waals surface area contributed by atoms with Gasteiger partial charge in [-0.15, -0.1) is 0 Å². The summed E-state index contributed by atoms with van der Waals surface area (Å²) < 4.78 is 6.45. The molecule has 0 radical (unpaired) electrons. The van der Waals surface area contributed by atoms with Gasteiger partial charge < -0.3 is 20.2 Å². The molecule has 1 aliphatic carbocycles. The number of rotatable bonds is 3. The summed E-state index contributed by atoms with van der Waals surface area (Å²) in [6.07, 6.45) is 7.95. The van der Waals surface area contributed by atoms with E-state index in [2.05, 4.69) is 28.2 Å². The predicted molar refractivity (Wildman–Crippen MR) is 112 cm³/mol. The number of hydrogen-bond acceptors (Lipinski definition) is 5. The van der Waals surface area contributed by atoms with Crippen LogP contribution in [0.5, 0.6) is 0 Å². The first-order chi connectivity index (χ1) is 13.6. The summed E-state index contributed by atoms with van der Waals surface area (Å²) in [5, 5.41) is 18.4. The van der Waals surface area contributed by atoms with E-state index in [1.165, 1.54) is 19.3 Å². The van der Waals surface area contributed by atoms with Crippen molar-refractivity contribution in [2.45, 2.75) is 63.1 Å². The topological polar surface area (TPSA) is 60.7 Å². The third kappa shape index (κ3) is 2.92. The van der Waals surface area contributed by atoms with Gasteiger partial charge in [-0.3, -0.25) is 4.90 Å². The first-order valence-electron chi connectivity index (χ1n) is 10.4. The normalized spacial score (nSPS) is 24.4. The number of aliphatic hydroxyl groups excluding tert-OH is 1. The van der Waals surface area contributed by atoms with E-state index >= 15 is 0 Å². The second kappa shape index (κ2) is 6.97. The van der Waals surface area contributed by atoms with Crippen LogP contribution in [0.4, 0.5) is 5.69 Å². The Morgan fingerprint density at radius 1 is 1.25 bits per heavy atom. The Labute approximate surface area is 170 Å². The van der Waals surface area contributed by atoms with Crippen LogP contribution in [0.15, 0.2) is 28.9 Å². The maximum atomic E-state index is 9.63. The van der Waals surface area contributed by atoms with Crippen molar-refractivity contribution in [1.82, 2.24) is 10.2 Å². The fraction of sp³-hybridized carbons (Fsp3) is 0.545. The van der Waals surface area contributed by atoms with Gasteiger partial charge >= 0.3 is 0 Å². The Bertz CT molecular complexity index is 916. The lowest BCUT2D eigenvalue weighted by Gasteiger charge is -2.44. The molecule has 1 spiro atoms. The number of likely N-dealkylation sites (tertiary alicyclic amines) is 1. The molecule has 28 heavy (non-hydrogen) atoms. The van der Waals surface area contributed by atoms with Crippen LogP contribution in [0.2, 0.25) is 5.02 Å². The van der Waals surface area contributed by atoms with Crippen molar-refractivity contribution in [3.63, 3.8) is 0 Å². The van der Waals surface area contributed by atoms with Crippen molar-refractivity contribution in [3.8, 4) is 0 Å². The van der Waals surface area contributed by atoms with Gasteiger partial charge in [0.1, 0.15) is 11.3 Å². The first-order valence-corrected chi connectivity index (χ1v) is 10.8. The van der Waals surface area contributed by atoms with Gasteiger partial charge in [-0.05, 0) is 44.4 Å². The molecule has 150 valence electrons. The number of fused-ring (bicyclic) bond motifs is 4. The Morgan fingerprint density at radius 3 is 2.86 bits per heavy atom. The Hall–Kier alpha value is -1.69. The quantitative estimate of drug-likeness (QED) is 0.696. The monoisotopic (exact) mass is 401 g/mol. The molecular formula is C22H28ClN3O2. The highest BCUT2D eigenvalue weighted by Gasteiger charge is 2.42. The number of furan rings is 1. The maximum absolute atomic E-state index is 9.63. The highest BCUT2D eigenvalue weighted by Crippen LogP contribution is 2.49. The molecular weight excluding hydrogens is 374 g/mol. The van der Waals surface area contributed by atoms with Crippen LogP contribution in [-0.2, 0) is 12.1 Å². The van der Waals surface area contributed by atoms with Gasteiger partial charge in [-0.25, -0.2) is 0 Å². The fourth-order valence-electron chi connectivity index (χ4n) is 5.43. The van der Waals surface area contributed by atoms with Gasteiger partial charge in [0.2, 0.25) is 0 Å². The van der Waals surface area contributed by atoms with E-state index in [4.69, 9.17) is 16.0 Å². The first kappa shape index (κ1) is 18.3. The van der Waals surface area contributed by atoms with E-state index in [9.17, 15) is 5.11 Å². The molecule has 5 nitrogen and oxygen atoms in total. The lowest BCUT2D eigenvalue weighted by molar-refractivity contribution is 0.147. The molecule has 1 atom stereocenters. The van der Waals surface area contributed by atoms with E-state index < -0.39 is 0 Å². The second-order valence-corrected chi connectivity index (χ2v) is 8.97. The molecule has 2 aromatic rings. The molecule has 1 aromatic heterocycles. The minimum absolute atomic E-state index is 0.157. The van der Waals surface area contributed by atoms with Crippen LogP contribution < -0.4 is 10.6 Å². The molecule has 1 unspecified atom stereocenters. The molecule has 2 fully saturated rings. The summed E-state index contributed by atoms with van der Waals surface area (Å²) in [5.74, 6) is 1.75. The second-order valence-electron chi connectivity index (χ2n) is 8.56. The van der Waals surface area contributed by atoms with Crippen molar-refractivity contribution >= 4 is 28.3 Å². The van der Waals surface area contributed by atoms with Crippen LogP contribution in [-0.4, -0.2) is 29.2 Å². The minimum Gasteiger partial charge on any atom is -0.459 e. The van der Waals surface area contributed by atoms with Gasteiger partial charge in [0.05, 0.1) is 35.2 Å². The van der Waals surface area contributed by atoms with Gasteiger partial charge in [-0.1, -0.05) is 37.4 Å². The number of nitrogens with one attached hydrogen (secondary N) is 2. The largest absolute Gasteiger partial charge is 0.459 e. The molecule has 3 aliphatic rings. The average molecular weight is 402 g/mol. The number of benzene rings is 1. The summed E-state index contributed by atoms with van der Waals surface area (Å²) >= 11 is 6.70. The third-order valence-electron chi connectivity index (χ3n) is 6.73. The van der Waals surface area contributed by atoms with E-state index in [0.29, 0.717) is 0 Å². The molecule has 2 aliphatic heterocycles. The summed E-state index contributed by atoms with van der Waals surface area (Å²) in [5.41, 5.74) is 2.88. The molecule has 6 heteroatoms. The molecule has 1 aromatic carbocycles. The molecule has 3 heterocycles. The smallest absolute Gasteiger partial charge is 0.142 e. The zero-order chi connectivity index (χ0) is 19.3. The Kier molecular flexibility index (Phi) is 4.57. The van der Waals surface area contributed by atoms with Crippen molar-refractivity contribution in [1.29, 1.82) is 0 Å². The van der Waals surface area contributed by atoms with Crippen molar-refractivity contribution in [2.24, 2.45) is 0 Å². The molecule has 3 N–H and O–H groups in total. The lowest BCUT2D eigenvalue weighted by atomic mass is 9.74. The lowest BCUT2D eigenvalue weighted by Crippen LogP contribution is -2.48. The van der Waals surface area contributed by atoms with Gasteiger partial charge in [0.15, 0.2) is 0 Å². The van der Waals surface area contributed by atoms with Crippen LogP contribution in [0.1, 0.15) is 56.3 Å². The SMILES string of the molecule is C=C1Nc2c(Cl)cc3cc(CN4CCCC4CO)oc3c2C2(CCCCC2)N1. The molecule has 0 amide bonds. The van der Waals surface area contributed by atoms with E-state index in [-0.39, 0.29) is 18.2 Å². The maximum Gasteiger partial charge on any atom is 0.142 e. The number of halogens is 1. The van der Waals surface area contributed by atoms with Crippen LogP contribution in [0.25, 0.3) is 11.0 Å². The standard InChI is InChI=1S/C22H28ClN3O2/c1-14-24-20-18(23)11-15-10-17(12-26-9-5-6-16(26)13-27)28-21(15)19(20)22(25-14)7-3-2-4-8-22/h10-11,16,24-25,27H,1-9,12-13H2. The van der Waals surface area contributed by atoms with Gasteiger partial charge in [0, 0.05) is 17.0 Å². The van der Waals surface area contributed by atoms with Crippen molar-refractivity contribution < 1.29 is 9.52 Å². The molecule has 0 bridgehead atoms. The summed E-state index contributed by atoms with van der Waals surface area (Å²) in [6, 6.07) is 4.36. The minimum atomic E-state index is -0.157. The third-order valence-corrected chi connectivity index (χ3v) is 7.03. The Balaban J connectivity index is 1.60. The Morgan fingerprint density at radius 2 is 2.07 bits per heavy atom. The predicted octanol–water partition coefficient (Wildman–Crippen LogP) is 4.69. The van der Waals surface area contributed by atoms with Gasteiger partial charge in [0.25, 0.3) is 0 Å². The molecule has 1 saturated heterocycles. The highest BCUT2D eigenvalue weighted by atomic mass is 35.5. The van der Waals surface area contributed by atoms with Crippen molar-refractivity contribution in [2.75, 3.05) is 18.5 Å². The molecule has 1 saturated carbocycles. The number of hydrogen-bond donors (Lipinski definition) is 3. The van der Waals surface area contributed by atoms with Gasteiger partial charge in [-0.2, -0.15) is 0 Å². The average Bonchev–Trinajstić information content (AvgIpc) is 3.28. The summed E-state index contributed by atoms with van der Waals surface area (Å²) in [4.78, 5) is 2.32. The van der Waals surface area contributed by atoms with E-state index in [1.54, 1.807) is 0 Å². The zero-order valence-corrected chi connectivity index (χ0v) is 16.9. The number of aliphatic hydroxyl groups is 1. The fourth-order valence-corrected chi connectivity index (χ4v) is 5.69. The molecule has 5 rings (SSSR count). The summed E-state index contributed by atoms with van der Waals surface area (Å²) in [6.45, 7) is 6.08. The number of nitrogens with zero attached hydrogens (tertiary/aromatic N) is 1. The highest BCUT2D eigenvalue weighted by molar-refractivity contribution is 6.34. The van der Waals surface area contributed by atoms with Crippen LogP contribution >= 0.6 is 11.6 Å².